The van der Waals surface area contributed by atoms with Crippen molar-refractivity contribution >= 4 is 23.6 Å². The van der Waals surface area contributed by atoms with Gasteiger partial charge in [-0.15, -0.1) is 0 Å². The Labute approximate surface area is 484 Å². The number of fused-ring (bicyclic) bond motifs is 7. The van der Waals surface area contributed by atoms with Crippen LogP contribution in [-0.4, -0.2) is 113 Å². The zero-order chi connectivity index (χ0) is 57.2. The normalized spacial score (nSPS) is 31.7. The minimum absolute atomic E-state index is 0.00319. The molecular weight excluding hydrogens is 1050 g/mol. The molecule has 2 amide bonds. The lowest BCUT2D eigenvalue weighted by molar-refractivity contribution is -0.170. The number of nitrogens with zero attached hydrogens (tertiary/aromatic N) is 1. The molecule has 0 aromatic heterocycles. The number of aromatic hydroxyl groups is 1. The van der Waals surface area contributed by atoms with E-state index < -0.39 is 35.1 Å². The molecule has 2 bridgehead atoms. The Balaban J connectivity index is 0.866. The molecule has 3 aliphatic heterocycles. The highest BCUT2D eigenvalue weighted by Gasteiger charge is 2.71. The van der Waals surface area contributed by atoms with Crippen LogP contribution in [0, 0.1) is 53.3 Å². The molecule has 0 spiro atoms. The van der Waals surface area contributed by atoms with Crippen molar-refractivity contribution < 1.29 is 63.9 Å². The highest BCUT2D eigenvalue weighted by molar-refractivity contribution is 6.13. The number of aliphatic hydroxyl groups excluding tert-OH is 5. The zero-order valence-electron chi connectivity index (χ0n) is 47.5. The van der Waals surface area contributed by atoms with E-state index in [9.17, 15) is 40.2 Å². The van der Waals surface area contributed by atoms with E-state index >= 15 is 0 Å². The van der Waals surface area contributed by atoms with Crippen LogP contribution in [0.25, 0.3) is 17.2 Å². The molecule has 3 saturated carbocycles. The maximum absolute atomic E-state index is 14.3. The largest absolute Gasteiger partial charge is 0.502 e. The standard InChI is InChI=1S/C67H77N3O13/c1-4-68-33-83-52-28-50(79-2)40-14-15-41-58-49(69-65(78)61(52)60(40)58)27-51-59(41)63(76)45(32-82-51)36-23-53(80-3)64(77)54(24-36)81-31-37(29-72)67-46-16-12-35-9-8-10-39(62(35)67)42-25-47(67)43(57-38(42)13-11-34(19-22-71)44(57)30-73)26-48(46)66(20-6-5-7-21-66)70-55(74)17-18-56(70)75/h8-13,16-18,23-24,27-28,34,37-38,42-48,57,63,65,68-69,71-73,76-78H,4-7,14-15,19-22,25-26,29-33H2,1-3H3/t34-,37-,38-,42-,43+,44+,45-,46+,47+,48-,57+,63-,65+,67-/m0/s1. The van der Waals surface area contributed by atoms with Gasteiger partial charge < -0.3 is 59.6 Å². The number of methoxy groups -OCH3 is 2. The van der Waals surface area contributed by atoms with Crippen LogP contribution >= 0.6 is 0 Å². The molecule has 4 aromatic carbocycles. The number of nitrogens with one attached hydrogen (secondary N) is 2. The average molecular weight is 1130 g/mol. The van der Waals surface area contributed by atoms with Crippen LogP contribution < -0.4 is 34.3 Å². The molecule has 3 heterocycles. The second-order valence-corrected chi connectivity index (χ2v) is 25.3. The minimum atomic E-state index is -1.08. The number of allylic oxidation sites excluding steroid dienone is 3. The highest BCUT2D eigenvalue weighted by atomic mass is 16.5. The molecule has 0 saturated heterocycles. The van der Waals surface area contributed by atoms with Gasteiger partial charge in [-0.05, 0) is 145 Å². The van der Waals surface area contributed by atoms with Gasteiger partial charge in [0.05, 0.1) is 51.2 Å². The Bertz CT molecular complexity index is 3350. The predicted molar refractivity (Wildman–Crippen MR) is 309 cm³/mol. The monoisotopic (exact) mass is 1130 g/mol. The second kappa shape index (κ2) is 21.0. The fraction of sp³-hybridized carbons (Fsp3) is 0.522. The van der Waals surface area contributed by atoms with Crippen LogP contribution in [0.1, 0.15) is 127 Å². The number of phenolic OH excluding ortho intramolecular Hbond substituents is 1. The van der Waals surface area contributed by atoms with Crippen LogP contribution in [0.5, 0.6) is 34.5 Å². The van der Waals surface area contributed by atoms with E-state index in [1.54, 1.807) is 24.1 Å². The number of hydrogen-bond acceptors (Lipinski definition) is 15. The Morgan fingerprint density at radius 1 is 0.831 bits per heavy atom. The highest BCUT2D eigenvalue weighted by Crippen LogP contribution is 2.74. The van der Waals surface area contributed by atoms with Crippen LogP contribution in [0.3, 0.4) is 0 Å². The number of rotatable bonds is 17. The number of hydrogen-bond donors (Lipinski definition) is 8. The summed E-state index contributed by atoms with van der Waals surface area (Å²) < 4.78 is 31.7. The molecule has 83 heavy (non-hydrogen) atoms. The molecule has 14 atom stereocenters. The summed E-state index contributed by atoms with van der Waals surface area (Å²) in [6.07, 6.45) is 17.1. The van der Waals surface area contributed by atoms with Crippen molar-refractivity contribution in [2.45, 2.75) is 106 Å². The van der Waals surface area contributed by atoms with Crippen molar-refractivity contribution in [3.63, 3.8) is 0 Å². The van der Waals surface area contributed by atoms with E-state index in [-0.39, 0.29) is 122 Å². The number of anilines is 1. The molecule has 7 aliphatic carbocycles. The van der Waals surface area contributed by atoms with Crippen LogP contribution in [-0.2, 0) is 27.8 Å². The SMILES string of the molecule is CCNCOc1cc(OC)c2c3c1[C@@H](O)Nc1cc4c(c(c1-3)CC2)[C@@H](O)[C@H](c1cc(OC)c(O)c(OC[C@H](CO)[C@@]23c5c6cccc5[C@H]5C[C@@H]2[C@@H](C[C@H](C2(N7C(=O)C=CC7=O)CCCCC2)[C@H]3C=C6)[C@H]2[C@H]5C=C[C@@H](CCO)[C@H]2CO)c1)CO4. The lowest BCUT2D eigenvalue weighted by Crippen LogP contribution is -2.70. The van der Waals surface area contributed by atoms with Crippen molar-refractivity contribution in [2.24, 2.45) is 53.3 Å². The van der Waals surface area contributed by atoms with Gasteiger partial charge in [0.15, 0.2) is 17.7 Å². The number of carbonyl (C=O) groups is 2. The average Bonchev–Trinajstić information content (AvgIpc) is 0.796. The third kappa shape index (κ3) is 7.91. The van der Waals surface area contributed by atoms with Gasteiger partial charge in [-0.3, -0.25) is 19.8 Å². The molecule has 14 rings (SSSR count). The summed E-state index contributed by atoms with van der Waals surface area (Å²) in [5.41, 5.74) is 7.92. The van der Waals surface area contributed by atoms with E-state index in [0.29, 0.717) is 78.3 Å². The number of benzene rings is 4. The minimum Gasteiger partial charge on any atom is -0.502 e. The number of amides is 2. The van der Waals surface area contributed by atoms with Crippen molar-refractivity contribution in [1.82, 2.24) is 10.2 Å². The number of imide groups is 1. The maximum atomic E-state index is 14.3. The summed E-state index contributed by atoms with van der Waals surface area (Å²) in [5, 5.41) is 77.6. The fourth-order valence-corrected chi connectivity index (χ4v) is 19.1. The van der Waals surface area contributed by atoms with E-state index in [1.165, 1.54) is 30.4 Å². The number of carbonyl (C=O) groups excluding carboxylic acids is 2. The summed E-state index contributed by atoms with van der Waals surface area (Å²) in [6, 6.07) is 13.7. The quantitative estimate of drug-likeness (QED) is 0.0216. The van der Waals surface area contributed by atoms with Crippen LogP contribution in [0.15, 0.2) is 72.8 Å². The van der Waals surface area contributed by atoms with Crippen LogP contribution in [0.2, 0.25) is 0 Å². The summed E-state index contributed by atoms with van der Waals surface area (Å²) >= 11 is 0. The van der Waals surface area contributed by atoms with Gasteiger partial charge in [0.2, 0.25) is 5.75 Å². The molecule has 8 N–H and O–H groups in total. The molecule has 4 aromatic rings. The first-order valence-electron chi connectivity index (χ1n) is 30.4. The third-order valence-corrected chi connectivity index (χ3v) is 22.2. The van der Waals surface area contributed by atoms with Crippen molar-refractivity contribution in [3.8, 4) is 45.6 Å². The van der Waals surface area contributed by atoms with E-state index in [4.69, 9.17) is 23.7 Å². The van der Waals surface area contributed by atoms with Crippen molar-refractivity contribution in [1.29, 1.82) is 0 Å². The third-order valence-electron chi connectivity index (χ3n) is 22.2. The zero-order valence-corrected chi connectivity index (χ0v) is 47.5. The van der Waals surface area contributed by atoms with Crippen molar-refractivity contribution in [3.05, 3.63) is 117 Å². The van der Waals surface area contributed by atoms with Gasteiger partial charge in [0, 0.05) is 82.7 Å². The molecule has 16 nitrogen and oxygen atoms in total. The first-order valence-corrected chi connectivity index (χ1v) is 30.4. The summed E-state index contributed by atoms with van der Waals surface area (Å²) in [5.74, 6) is -0.501. The molecular formula is C67H77N3O13. The second-order valence-electron chi connectivity index (χ2n) is 25.3. The van der Waals surface area contributed by atoms with Crippen molar-refractivity contribution in [2.75, 3.05) is 65.8 Å². The van der Waals surface area contributed by atoms with Gasteiger partial charge in [0.25, 0.3) is 11.8 Å². The van der Waals surface area contributed by atoms with Gasteiger partial charge in [0.1, 0.15) is 24.0 Å². The van der Waals surface area contributed by atoms with Gasteiger partial charge in [-0.25, -0.2) is 0 Å². The number of phenols is 1. The molecule has 3 fully saturated rings. The first-order chi connectivity index (χ1) is 40.4. The van der Waals surface area contributed by atoms with Crippen LogP contribution in [0.4, 0.5) is 5.69 Å². The molecule has 438 valence electrons. The van der Waals surface area contributed by atoms with Gasteiger partial charge in [-0.1, -0.05) is 68.7 Å². The maximum Gasteiger partial charge on any atom is 0.254 e. The van der Waals surface area contributed by atoms with Gasteiger partial charge in [-0.2, -0.15) is 0 Å². The van der Waals surface area contributed by atoms with Gasteiger partial charge >= 0.3 is 0 Å². The van der Waals surface area contributed by atoms with E-state index in [0.717, 1.165) is 59.9 Å². The smallest absolute Gasteiger partial charge is 0.254 e. The summed E-state index contributed by atoms with van der Waals surface area (Å²) in [7, 11) is 3.11. The van der Waals surface area contributed by atoms with E-state index in [1.807, 2.05) is 19.1 Å². The topological polar surface area (TPSA) is 229 Å². The number of aliphatic hydroxyl groups is 5. The molecule has 0 unspecified atom stereocenters. The number of ether oxygens (including phenoxy) is 5. The Hall–Kier alpha value is -6.40. The Kier molecular flexibility index (Phi) is 13.8. The summed E-state index contributed by atoms with van der Waals surface area (Å²) in [6.45, 7) is 2.65. The molecule has 10 aliphatic rings. The van der Waals surface area contributed by atoms with E-state index in [2.05, 4.69) is 53.1 Å². The molecule has 16 heteroatoms. The summed E-state index contributed by atoms with van der Waals surface area (Å²) in [4.78, 5) is 30.1. The predicted octanol–water partition coefficient (Wildman–Crippen LogP) is 8.11. The Morgan fingerprint density at radius 3 is 2.36 bits per heavy atom. The first kappa shape index (κ1) is 54.5. The fourth-order valence-electron chi connectivity index (χ4n) is 19.1. The lowest BCUT2D eigenvalue weighted by atomic mass is 9.34. The Morgan fingerprint density at radius 2 is 1.61 bits per heavy atom. The molecule has 0 radical (unpaired) electrons. The lowest BCUT2D eigenvalue weighted by Gasteiger charge is -2.71.